The number of alkyl halides is 3. The van der Waals surface area contributed by atoms with Gasteiger partial charge < -0.3 is 39.0 Å². The molecule has 2 N–H and O–H groups in total. The number of aliphatic hydroxyl groups is 1. The van der Waals surface area contributed by atoms with Crippen molar-refractivity contribution in [3.8, 4) is 0 Å². The minimum Gasteiger partial charge on any atom is -0.460 e. The number of hydrogen-bond donors (Lipinski definition) is 2. The highest BCUT2D eigenvalue weighted by Gasteiger charge is 2.55. The highest BCUT2D eigenvalue weighted by molar-refractivity contribution is 5.97. The fourth-order valence-electron chi connectivity index (χ4n) is 7.69. The quantitative estimate of drug-likeness (QED) is 0.0635. The van der Waals surface area contributed by atoms with E-state index in [0.29, 0.717) is 16.7 Å². The van der Waals surface area contributed by atoms with Gasteiger partial charge in [0.1, 0.15) is 30.0 Å². The number of amides is 2. The second-order valence-electron chi connectivity index (χ2n) is 17.2. The van der Waals surface area contributed by atoms with Crippen LogP contribution in [0.4, 0.5) is 13.2 Å². The normalized spacial score (nSPS) is 18.7. The number of likely N-dealkylation sites (N-methyl/N-ethyl adjacent to an activating group) is 1. The van der Waals surface area contributed by atoms with Gasteiger partial charge in [-0.05, 0) is 62.6 Å². The van der Waals surface area contributed by atoms with Gasteiger partial charge in [0.05, 0.1) is 18.2 Å². The summed E-state index contributed by atoms with van der Waals surface area (Å²) in [6, 6.07) is 31.2. The predicted molar refractivity (Wildman–Crippen MR) is 239 cm³/mol. The van der Waals surface area contributed by atoms with Crippen LogP contribution in [0.2, 0.25) is 0 Å². The Morgan fingerprint density at radius 2 is 1.46 bits per heavy atom. The molecule has 4 aromatic carbocycles. The molecule has 1 fully saturated rings. The first-order chi connectivity index (χ1) is 31.8. The van der Waals surface area contributed by atoms with Gasteiger partial charge >= 0.3 is 24.1 Å². The van der Waals surface area contributed by atoms with E-state index in [9.17, 15) is 42.3 Å². The van der Waals surface area contributed by atoms with Gasteiger partial charge in [0.15, 0.2) is 6.61 Å². The molecule has 0 saturated carbocycles. The van der Waals surface area contributed by atoms with Gasteiger partial charge in [-0.15, -0.1) is 0 Å². The first-order valence-electron chi connectivity index (χ1n) is 21.7. The van der Waals surface area contributed by atoms with Crippen molar-refractivity contribution in [2.45, 2.75) is 94.4 Å². The summed E-state index contributed by atoms with van der Waals surface area (Å²) in [5.74, 6) is -5.15. The van der Waals surface area contributed by atoms with Gasteiger partial charge in [-0.2, -0.15) is 13.2 Å². The average Bonchev–Trinajstić information content (AvgIpc) is 3.72. The third kappa shape index (κ3) is 13.5. The summed E-state index contributed by atoms with van der Waals surface area (Å²) >= 11 is 0. The summed E-state index contributed by atoms with van der Waals surface area (Å²) in [5, 5.41) is 13.1. The molecule has 2 amide bonds. The van der Waals surface area contributed by atoms with Crippen molar-refractivity contribution in [2.75, 3.05) is 20.3 Å². The van der Waals surface area contributed by atoms with Crippen LogP contribution in [0, 0.1) is 0 Å². The molecule has 5 atom stereocenters. The zero-order valence-corrected chi connectivity index (χ0v) is 37.4. The number of nitrogens with zero attached hydrogens (tertiary/aromatic N) is 1. The molecule has 1 saturated heterocycles. The molecular weight excluding hydrogens is 874 g/mol. The lowest BCUT2D eigenvalue weighted by molar-refractivity contribution is -0.182. The van der Waals surface area contributed by atoms with Gasteiger partial charge in [0.2, 0.25) is 17.6 Å². The van der Waals surface area contributed by atoms with E-state index >= 15 is 0 Å². The number of carbonyl (C=O) groups is 5. The number of benzene rings is 4. The molecule has 0 spiro atoms. The lowest BCUT2D eigenvalue weighted by Crippen LogP contribution is -2.53. The van der Waals surface area contributed by atoms with Gasteiger partial charge in [-0.3, -0.25) is 14.4 Å². The molecule has 0 aromatic heterocycles. The van der Waals surface area contributed by atoms with Crippen molar-refractivity contribution in [3.05, 3.63) is 161 Å². The Morgan fingerprint density at radius 1 is 0.866 bits per heavy atom. The zero-order chi connectivity index (χ0) is 48.4. The summed E-state index contributed by atoms with van der Waals surface area (Å²) in [7, 11) is 1.48. The van der Waals surface area contributed by atoms with Gasteiger partial charge in [0, 0.05) is 49.1 Å². The van der Waals surface area contributed by atoms with Crippen LogP contribution in [0.5, 0.6) is 0 Å². The van der Waals surface area contributed by atoms with Crippen LogP contribution < -0.4 is 5.32 Å². The lowest BCUT2D eigenvalue weighted by atomic mass is 9.90. The maximum absolute atomic E-state index is 14.8. The fraction of sp³-hybridized carbons (Fsp3) is 0.353. The standard InChI is InChI=1S/C51H53F3N2O11/c1-49(2,3)66-44(59)27-25-39(31-57)55-46(60)40(28-34-14-8-5-9-15-34)56(4)47(61)36-29-41(64-48(62)35-23-20-33(21-24-35)22-26-43(58)63-32-50(52,53)54)45-42(30-36)65-51(67-45,37-16-10-6-11-17-37)38-18-12-7-13-19-38/h5-24,26,30,39-42,45,57H,25,27-29,31-32H2,1-4H3,(H,55,60)/t39-,40+,41+,42+,45-/m0/s1. The molecule has 16 heteroatoms. The van der Waals surface area contributed by atoms with Crippen LogP contribution >= 0.6 is 0 Å². The molecule has 0 unspecified atom stereocenters. The van der Waals surface area contributed by atoms with Crippen LogP contribution in [-0.4, -0.2) is 102 Å². The van der Waals surface area contributed by atoms with Crippen molar-refractivity contribution in [1.82, 2.24) is 10.2 Å². The molecule has 13 nitrogen and oxygen atoms in total. The second kappa shape index (κ2) is 21.8. The summed E-state index contributed by atoms with van der Waals surface area (Å²) in [6.07, 6.45) is -4.09. The van der Waals surface area contributed by atoms with E-state index in [1.165, 1.54) is 42.3 Å². The molecule has 67 heavy (non-hydrogen) atoms. The van der Waals surface area contributed by atoms with Gasteiger partial charge in [-0.1, -0.05) is 103 Å². The van der Waals surface area contributed by atoms with Crippen LogP contribution in [-0.2, 0) is 55.1 Å². The maximum Gasteiger partial charge on any atom is 0.422 e. The first kappa shape index (κ1) is 49.8. The van der Waals surface area contributed by atoms with E-state index in [0.717, 1.165) is 11.6 Å². The Balaban J connectivity index is 1.28. The monoisotopic (exact) mass is 926 g/mol. The van der Waals surface area contributed by atoms with E-state index in [2.05, 4.69) is 10.1 Å². The minimum absolute atomic E-state index is 0.0715. The minimum atomic E-state index is -4.68. The largest absolute Gasteiger partial charge is 0.460 e. The van der Waals surface area contributed by atoms with Gasteiger partial charge in [-0.25, -0.2) is 9.59 Å². The Morgan fingerprint density at radius 3 is 2.03 bits per heavy atom. The molecule has 1 aliphatic carbocycles. The molecule has 1 aliphatic heterocycles. The predicted octanol–water partition coefficient (Wildman–Crippen LogP) is 7.01. The highest BCUT2D eigenvalue weighted by Crippen LogP contribution is 2.47. The van der Waals surface area contributed by atoms with Crippen molar-refractivity contribution in [3.63, 3.8) is 0 Å². The molecule has 1 heterocycles. The molecule has 2 aliphatic rings. The van der Waals surface area contributed by atoms with E-state index < -0.39 is 90.9 Å². The van der Waals surface area contributed by atoms with Crippen LogP contribution in [0.15, 0.2) is 133 Å². The number of halogens is 3. The highest BCUT2D eigenvalue weighted by atomic mass is 19.4. The summed E-state index contributed by atoms with van der Waals surface area (Å²) in [4.78, 5) is 68.5. The Kier molecular flexibility index (Phi) is 16.2. The lowest BCUT2D eigenvalue weighted by Gasteiger charge is -2.34. The zero-order valence-electron chi connectivity index (χ0n) is 37.4. The number of esters is 3. The first-order valence-corrected chi connectivity index (χ1v) is 21.7. The molecule has 0 radical (unpaired) electrons. The third-order valence-electron chi connectivity index (χ3n) is 10.9. The van der Waals surface area contributed by atoms with Crippen LogP contribution in [0.3, 0.4) is 0 Å². The SMILES string of the molecule is CN(C(=O)C1=C[C@H]2OC(c3ccccc3)(c3ccccc3)O[C@H]2[C@H](OC(=O)c2ccc(C=CC(=O)OCC(F)(F)F)cc2)C1)[C@H](Cc1ccccc1)C(=O)N[C@H](CO)CCC(=O)OC(C)(C)C. The second-order valence-corrected chi connectivity index (χ2v) is 17.2. The number of fused-ring (bicyclic) bond motifs is 1. The summed E-state index contributed by atoms with van der Waals surface area (Å²) in [5.41, 5.74) is 1.91. The topological polar surface area (TPSA) is 167 Å². The van der Waals surface area contributed by atoms with Crippen LogP contribution in [0.25, 0.3) is 6.08 Å². The summed E-state index contributed by atoms with van der Waals surface area (Å²) < 4.78 is 66.9. The molecule has 6 rings (SSSR count). The fourth-order valence-corrected chi connectivity index (χ4v) is 7.69. The summed E-state index contributed by atoms with van der Waals surface area (Å²) in [6.45, 7) is 3.00. The van der Waals surface area contributed by atoms with E-state index in [1.54, 1.807) is 39.0 Å². The number of nitrogens with one attached hydrogen (secondary N) is 1. The van der Waals surface area contributed by atoms with E-state index in [4.69, 9.17) is 18.9 Å². The maximum atomic E-state index is 14.8. The Labute approximate surface area is 386 Å². The molecule has 354 valence electrons. The number of aliphatic hydroxyl groups excluding tert-OH is 1. The Bertz CT molecular complexity index is 2360. The molecule has 0 bridgehead atoms. The number of hydrogen-bond acceptors (Lipinski definition) is 11. The van der Waals surface area contributed by atoms with E-state index in [1.807, 2.05) is 78.9 Å². The number of rotatable bonds is 17. The average molecular weight is 927 g/mol. The van der Waals surface area contributed by atoms with E-state index in [-0.39, 0.29) is 36.8 Å². The van der Waals surface area contributed by atoms with Crippen molar-refractivity contribution in [1.29, 1.82) is 0 Å². The van der Waals surface area contributed by atoms with Crippen LogP contribution in [0.1, 0.15) is 72.6 Å². The van der Waals surface area contributed by atoms with Crippen molar-refractivity contribution < 1.29 is 65.9 Å². The van der Waals surface area contributed by atoms with Gasteiger partial charge in [0.25, 0.3) is 0 Å². The molecule has 4 aromatic rings. The third-order valence-corrected chi connectivity index (χ3v) is 10.9. The van der Waals surface area contributed by atoms with Crippen molar-refractivity contribution >= 4 is 35.8 Å². The number of ether oxygens (including phenoxy) is 5. The number of carbonyl (C=O) groups excluding carboxylic acids is 5. The Hall–Kier alpha value is -6.62. The van der Waals surface area contributed by atoms with Crippen molar-refractivity contribution in [2.24, 2.45) is 0 Å². The smallest absolute Gasteiger partial charge is 0.422 e. The molecular formula is C51H53F3N2O11.